The summed E-state index contributed by atoms with van der Waals surface area (Å²) in [5.74, 6) is 0.870. The van der Waals surface area contributed by atoms with Crippen molar-refractivity contribution in [3.05, 3.63) is 16.1 Å². The molecule has 2 rings (SSSR count). The first kappa shape index (κ1) is 17.0. The van der Waals surface area contributed by atoms with E-state index >= 15 is 0 Å². The van der Waals surface area contributed by atoms with E-state index in [9.17, 15) is 0 Å². The molecule has 2 nitrogen and oxygen atoms in total. The molecular formula is C18H32N2S. The lowest BCUT2D eigenvalue weighted by molar-refractivity contribution is 0.227. The van der Waals surface area contributed by atoms with Gasteiger partial charge in [-0.15, -0.1) is 11.3 Å². The topological polar surface area (TPSA) is 24.9 Å². The van der Waals surface area contributed by atoms with E-state index in [-0.39, 0.29) is 11.0 Å². The van der Waals surface area contributed by atoms with Crippen LogP contribution in [0, 0.1) is 11.3 Å². The molecule has 21 heavy (non-hydrogen) atoms. The lowest BCUT2D eigenvalue weighted by atomic mass is 9.81. The Morgan fingerprint density at radius 2 is 1.76 bits per heavy atom. The van der Waals surface area contributed by atoms with E-state index in [2.05, 4.69) is 59.2 Å². The van der Waals surface area contributed by atoms with Crippen LogP contribution in [0.3, 0.4) is 0 Å². The van der Waals surface area contributed by atoms with Crippen LogP contribution in [0.25, 0.3) is 0 Å². The van der Waals surface area contributed by atoms with Crippen LogP contribution in [0.2, 0.25) is 0 Å². The SMILES string of the molecule is CC(C)(C)NCC(C)(Cc1nc(C(C)(C)C)cs1)C1CC1. The third-order valence-corrected chi connectivity index (χ3v) is 5.31. The summed E-state index contributed by atoms with van der Waals surface area (Å²) in [5, 5.41) is 7.28. The summed E-state index contributed by atoms with van der Waals surface area (Å²) in [6.45, 7) is 17.0. The van der Waals surface area contributed by atoms with Gasteiger partial charge in [-0.1, -0.05) is 27.7 Å². The maximum Gasteiger partial charge on any atom is 0.0934 e. The van der Waals surface area contributed by atoms with Gasteiger partial charge in [0.1, 0.15) is 0 Å². The molecule has 0 saturated heterocycles. The van der Waals surface area contributed by atoms with Gasteiger partial charge in [0.05, 0.1) is 10.7 Å². The van der Waals surface area contributed by atoms with Gasteiger partial charge < -0.3 is 5.32 Å². The van der Waals surface area contributed by atoms with E-state index in [1.54, 1.807) is 0 Å². The second kappa shape index (κ2) is 5.66. The predicted molar refractivity (Wildman–Crippen MR) is 93.1 cm³/mol. The van der Waals surface area contributed by atoms with Crippen LogP contribution in [0.5, 0.6) is 0 Å². The molecule has 1 aromatic rings. The van der Waals surface area contributed by atoms with E-state index in [1.807, 2.05) is 11.3 Å². The van der Waals surface area contributed by atoms with Crippen LogP contribution in [0.1, 0.15) is 72.0 Å². The van der Waals surface area contributed by atoms with Gasteiger partial charge in [0, 0.05) is 29.3 Å². The largest absolute Gasteiger partial charge is 0.312 e. The van der Waals surface area contributed by atoms with Gasteiger partial charge in [-0.3, -0.25) is 0 Å². The molecule has 1 saturated carbocycles. The van der Waals surface area contributed by atoms with Gasteiger partial charge in [0.25, 0.3) is 0 Å². The lowest BCUT2D eigenvalue weighted by Gasteiger charge is -2.33. The minimum Gasteiger partial charge on any atom is -0.312 e. The fraction of sp³-hybridized carbons (Fsp3) is 0.833. The van der Waals surface area contributed by atoms with E-state index in [1.165, 1.54) is 23.5 Å². The zero-order chi connectivity index (χ0) is 15.9. The Balaban J connectivity index is 2.07. The van der Waals surface area contributed by atoms with Gasteiger partial charge in [0.2, 0.25) is 0 Å². The Hall–Kier alpha value is -0.410. The first-order valence-corrected chi connectivity index (χ1v) is 9.07. The Kier molecular flexibility index (Phi) is 4.57. The average molecular weight is 309 g/mol. The Labute approximate surface area is 134 Å². The second-order valence-corrected chi connectivity index (χ2v) is 10.0. The molecule has 0 radical (unpaired) electrons. The maximum absolute atomic E-state index is 4.91. The Morgan fingerprint density at radius 3 is 2.19 bits per heavy atom. The molecule has 0 aliphatic heterocycles. The summed E-state index contributed by atoms with van der Waals surface area (Å²) >= 11 is 1.84. The quantitative estimate of drug-likeness (QED) is 0.846. The number of aromatic nitrogens is 1. The summed E-state index contributed by atoms with van der Waals surface area (Å²) in [7, 11) is 0. The highest BCUT2D eigenvalue weighted by Crippen LogP contribution is 2.47. The van der Waals surface area contributed by atoms with E-state index < -0.39 is 0 Å². The summed E-state index contributed by atoms with van der Waals surface area (Å²) in [6, 6.07) is 0. The molecule has 1 fully saturated rings. The second-order valence-electron chi connectivity index (χ2n) is 9.09. The minimum absolute atomic E-state index is 0.161. The fourth-order valence-corrected chi connectivity index (χ4v) is 3.90. The van der Waals surface area contributed by atoms with Crippen LogP contribution in [0.4, 0.5) is 0 Å². The van der Waals surface area contributed by atoms with Crippen LogP contribution >= 0.6 is 11.3 Å². The lowest BCUT2D eigenvalue weighted by Crippen LogP contribution is -2.44. The number of nitrogens with one attached hydrogen (secondary N) is 1. The van der Waals surface area contributed by atoms with Gasteiger partial charge in [-0.05, 0) is 44.9 Å². The molecular weight excluding hydrogens is 276 g/mol. The first-order chi connectivity index (χ1) is 9.50. The van der Waals surface area contributed by atoms with Gasteiger partial charge in [-0.2, -0.15) is 0 Å². The van der Waals surface area contributed by atoms with Crippen molar-refractivity contribution in [2.45, 2.75) is 78.7 Å². The Bertz CT molecular complexity index is 474. The molecule has 1 aliphatic rings. The summed E-state index contributed by atoms with van der Waals surface area (Å²) in [5.41, 5.74) is 1.94. The van der Waals surface area contributed by atoms with E-state index in [4.69, 9.17) is 4.98 Å². The van der Waals surface area contributed by atoms with Crippen molar-refractivity contribution >= 4 is 11.3 Å². The zero-order valence-electron chi connectivity index (χ0n) is 14.8. The number of hydrogen-bond acceptors (Lipinski definition) is 3. The van der Waals surface area contributed by atoms with Crippen molar-refractivity contribution < 1.29 is 0 Å². The third-order valence-electron chi connectivity index (χ3n) is 4.46. The molecule has 0 bridgehead atoms. The normalized spacial score (nSPS) is 19.6. The first-order valence-electron chi connectivity index (χ1n) is 8.20. The third kappa shape index (κ3) is 4.79. The molecule has 1 heterocycles. The average Bonchev–Trinajstić information content (AvgIpc) is 3.06. The fourth-order valence-electron chi connectivity index (χ4n) is 2.68. The molecule has 0 amide bonds. The minimum atomic E-state index is 0.161. The monoisotopic (exact) mass is 308 g/mol. The number of rotatable bonds is 5. The highest BCUT2D eigenvalue weighted by molar-refractivity contribution is 7.09. The molecule has 1 unspecified atom stereocenters. The van der Waals surface area contributed by atoms with Gasteiger partial charge in [0.15, 0.2) is 0 Å². The van der Waals surface area contributed by atoms with Crippen LogP contribution < -0.4 is 5.32 Å². The smallest absolute Gasteiger partial charge is 0.0934 e. The molecule has 1 atom stereocenters. The highest BCUT2D eigenvalue weighted by Gasteiger charge is 2.42. The standard InChI is InChI=1S/C18H32N2S/c1-16(2,3)14-11-21-15(20-14)10-18(7,13-8-9-13)12-19-17(4,5)6/h11,13,19H,8-10,12H2,1-7H3. The molecule has 1 aliphatic carbocycles. The zero-order valence-corrected chi connectivity index (χ0v) is 15.7. The predicted octanol–water partition coefficient (Wildman–Crippen LogP) is 4.79. The Morgan fingerprint density at radius 1 is 1.14 bits per heavy atom. The van der Waals surface area contributed by atoms with Crippen molar-refractivity contribution in [3.63, 3.8) is 0 Å². The van der Waals surface area contributed by atoms with Crippen LogP contribution in [-0.2, 0) is 11.8 Å². The van der Waals surface area contributed by atoms with Crippen molar-refractivity contribution in [1.82, 2.24) is 10.3 Å². The summed E-state index contributed by atoms with van der Waals surface area (Å²) in [6.07, 6.45) is 3.89. The summed E-state index contributed by atoms with van der Waals surface area (Å²) in [4.78, 5) is 4.91. The highest BCUT2D eigenvalue weighted by atomic mass is 32.1. The van der Waals surface area contributed by atoms with Crippen molar-refractivity contribution in [1.29, 1.82) is 0 Å². The van der Waals surface area contributed by atoms with Gasteiger partial charge in [-0.25, -0.2) is 4.98 Å². The molecule has 1 aromatic heterocycles. The number of hydrogen-bond donors (Lipinski definition) is 1. The number of thiazole rings is 1. The summed E-state index contributed by atoms with van der Waals surface area (Å²) < 4.78 is 0. The molecule has 3 heteroatoms. The van der Waals surface area contributed by atoms with Crippen LogP contribution in [0.15, 0.2) is 5.38 Å². The molecule has 120 valence electrons. The van der Waals surface area contributed by atoms with Gasteiger partial charge >= 0.3 is 0 Å². The van der Waals surface area contributed by atoms with E-state index in [0.29, 0.717) is 5.41 Å². The molecule has 0 spiro atoms. The molecule has 0 aromatic carbocycles. The number of nitrogens with zero attached hydrogens (tertiary/aromatic N) is 1. The van der Waals surface area contributed by atoms with E-state index in [0.717, 1.165) is 18.9 Å². The van der Waals surface area contributed by atoms with Crippen molar-refractivity contribution in [2.24, 2.45) is 11.3 Å². The van der Waals surface area contributed by atoms with Crippen molar-refractivity contribution in [2.75, 3.05) is 6.54 Å². The van der Waals surface area contributed by atoms with Crippen molar-refractivity contribution in [3.8, 4) is 0 Å². The maximum atomic E-state index is 4.91. The van der Waals surface area contributed by atoms with Crippen LogP contribution in [-0.4, -0.2) is 17.1 Å². The molecule has 1 N–H and O–H groups in total.